The molecule has 2 aromatic rings. The molecule has 1 fully saturated rings. The van der Waals surface area contributed by atoms with E-state index in [1.165, 1.54) is 16.0 Å². The predicted octanol–water partition coefficient (Wildman–Crippen LogP) is 4.19. The number of aryl methyl sites for hydroxylation is 1. The van der Waals surface area contributed by atoms with Gasteiger partial charge in [-0.25, -0.2) is 4.31 Å². The van der Waals surface area contributed by atoms with Crippen LogP contribution in [-0.2, 0) is 20.7 Å². The zero-order chi connectivity index (χ0) is 18.4. The molecule has 0 aromatic heterocycles. The van der Waals surface area contributed by atoms with E-state index >= 15 is 0 Å². The van der Waals surface area contributed by atoms with Crippen molar-refractivity contribution in [2.24, 2.45) is 0 Å². The van der Waals surface area contributed by atoms with Crippen molar-refractivity contribution in [2.45, 2.75) is 30.8 Å². The molecule has 3 rings (SSSR count). The Morgan fingerprint density at radius 2 is 2.00 bits per heavy atom. The second kappa shape index (κ2) is 9.21. The number of hydrogen-bond acceptors (Lipinski definition) is 5. The summed E-state index contributed by atoms with van der Waals surface area (Å²) in [5.74, 6) is -0.137. The van der Waals surface area contributed by atoms with Crippen LogP contribution in [-0.4, -0.2) is 43.2 Å². The second-order valence-corrected chi connectivity index (χ2v) is 7.66. The summed E-state index contributed by atoms with van der Waals surface area (Å²) in [5.41, 5.74) is 3.53. The van der Waals surface area contributed by atoms with Gasteiger partial charge in [-0.05, 0) is 61.2 Å². The van der Waals surface area contributed by atoms with Crippen molar-refractivity contribution in [3.63, 3.8) is 0 Å². The fourth-order valence-corrected chi connectivity index (χ4v) is 3.67. The van der Waals surface area contributed by atoms with Crippen LogP contribution in [0.5, 0.6) is 0 Å². The molecular formula is C21H25NO3S. The number of hydrogen-bond donors (Lipinski definition) is 0. The van der Waals surface area contributed by atoms with Crippen LogP contribution in [0.3, 0.4) is 0 Å². The van der Waals surface area contributed by atoms with Crippen molar-refractivity contribution >= 4 is 17.9 Å². The van der Waals surface area contributed by atoms with E-state index < -0.39 is 0 Å². The Morgan fingerprint density at radius 1 is 1.23 bits per heavy atom. The highest BCUT2D eigenvalue weighted by atomic mass is 32.2. The van der Waals surface area contributed by atoms with Crippen LogP contribution in [0, 0.1) is 0 Å². The third-order valence-corrected chi connectivity index (χ3v) is 5.09. The van der Waals surface area contributed by atoms with E-state index in [-0.39, 0.29) is 5.97 Å². The van der Waals surface area contributed by atoms with Crippen molar-refractivity contribution in [2.75, 3.05) is 26.8 Å². The monoisotopic (exact) mass is 371 g/mol. The summed E-state index contributed by atoms with van der Waals surface area (Å²) >= 11 is 1.74. The summed E-state index contributed by atoms with van der Waals surface area (Å²) in [7, 11) is 2.09. The largest absolute Gasteiger partial charge is 0.466 e. The SMILES string of the molecule is CCOC(=O)CCc1ccc(-c2cccc(SN(C)C[C@H]3CO3)c2)cc1. The van der Waals surface area contributed by atoms with Gasteiger partial charge in [-0.2, -0.15) is 0 Å². The molecule has 138 valence electrons. The zero-order valence-corrected chi connectivity index (χ0v) is 16.1. The van der Waals surface area contributed by atoms with Gasteiger partial charge < -0.3 is 9.47 Å². The first-order chi connectivity index (χ1) is 12.6. The topological polar surface area (TPSA) is 42.1 Å². The van der Waals surface area contributed by atoms with Gasteiger partial charge in [-0.1, -0.05) is 36.4 Å². The molecule has 0 radical (unpaired) electrons. The molecule has 1 aliphatic rings. The van der Waals surface area contributed by atoms with Crippen LogP contribution < -0.4 is 0 Å². The van der Waals surface area contributed by atoms with Gasteiger partial charge in [0.15, 0.2) is 0 Å². The van der Waals surface area contributed by atoms with Gasteiger partial charge in [0, 0.05) is 17.9 Å². The lowest BCUT2D eigenvalue weighted by atomic mass is 10.0. The van der Waals surface area contributed by atoms with Gasteiger partial charge in [0.2, 0.25) is 0 Å². The van der Waals surface area contributed by atoms with Crippen molar-refractivity contribution in [3.8, 4) is 11.1 Å². The first-order valence-corrected chi connectivity index (χ1v) is 9.77. The number of ether oxygens (including phenoxy) is 2. The highest BCUT2D eigenvalue weighted by Gasteiger charge is 2.24. The Labute approximate surface area is 159 Å². The zero-order valence-electron chi connectivity index (χ0n) is 15.3. The van der Waals surface area contributed by atoms with Crippen molar-refractivity contribution in [3.05, 3.63) is 54.1 Å². The van der Waals surface area contributed by atoms with Gasteiger partial charge in [-0.3, -0.25) is 4.79 Å². The van der Waals surface area contributed by atoms with Gasteiger partial charge in [0.25, 0.3) is 0 Å². The number of likely N-dealkylation sites (N-methyl/N-ethyl adjacent to an activating group) is 1. The Morgan fingerprint density at radius 3 is 2.69 bits per heavy atom. The van der Waals surface area contributed by atoms with E-state index in [9.17, 15) is 4.79 Å². The quantitative estimate of drug-likeness (QED) is 0.376. The maximum Gasteiger partial charge on any atom is 0.306 e. The molecule has 2 aromatic carbocycles. The molecule has 4 nitrogen and oxygen atoms in total. The van der Waals surface area contributed by atoms with E-state index in [1.807, 2.05) is 6.92 Å². The van der Waals surface area contributed by atoms with E-state index in [1.54, 1.807) is 11.9 Å². The molecule has 1 aliphatic heterocycles. The van der Waals surface area contributed by atoms with E-state index in [2.05, 4.69) is 59.9 Å². The van der Waals surface area contributed by atoms with Crippen LogP contribution in [0.25, 0.3) is 11.1 Å². The van der Waals surface area contributed by atoms with Gasteiger partial charge in [0.05, 0.1) is 19.3 Å². The van der Waals surface area contributed by atoms with Crippen molar-refractivity contribution in [1.29, 1.82) is 0 Å². The molecule has 0 aliphatic carbocycles. The average Bonchev–Trinajstić information content (AvgIpc) is 3.45. The number of benzene rings is 2. The molecule has 26 heavy (non-hydrogen) atoms. The third kappa shape index (κ3) is 5.87. The fourth-order valence-electron chi connectivity index (χ4n) is 2.75. The lowest BCUT2D eigenvalue weighted by Gasteiger charge is -2.14. The normalized spacial score (nSPS) is 15.9. The number of esters is 1. The molecule has 1 saturated heterocycles. The number of nitrogens with zero attached hydrogens (tertiary/aromatic N) is 1. The fraction of sp³-hybridized carbons (Fsp3) is 0.381. The summed E-state index contributed by atoms with van der Waals surface area (Å²) in [4.78, 5) is 12.7. The Balaban J connectivity index is 1.59. The maximum atomic E-state index is 11.5. The molecule has 1 heterocycles. The summed E-state index contributed by atoms with van der Waals surface area (Å²) in [6.07, 6.45) is 1.54. The second-order valence-electron chi connectivity index (χ2n) is 6.39. The molecule has 5 heteroatoms. The summed E-state index contributed by atoms with van der Waals surface area (Å²) in [5, 5.41) is 0. The van der Waals surface area contributed by atoms with Crippen molar-refractivity contribution < 1.29 is 14.3 Å². The Kier molecular flexibility index (Phi) is 6.72. The minimum atomic E-state index is -0.137. The number of carbonyl (C=O) groups excluding carboxylic acids is 1. The standard InChI is InChI=1S/C21H25NO3S/c1-3-24-21(23)12-9-16-7-10-17(11-8-16)18-5-4-6-20(13-18)26-22(2)14-19-15-25-19/h4-8,10-11,13,19H,3,9,12,14-15H2,1-2H3/t19-/m0/s1. The minimum Gasteiger partial charge on any atom is -0.466 e. The van der Waals surface area contributed by atoms with E-state index in [0.717, 1.165) is 18.7 Å². The van der Waals surface area contributed by atoms with Crippen LogP contribution in [0.15, 0.2) is 53.4 Å². The Bertz CT molecular complexity index is 728. The third-order valence-electron chi connectivity index (χ3n) is 4.17. The molecule has 0 N–H and O–H groups in total. The Hall–Kier alpha value is -1.82. The highest BCUT2D eigenvalue weighted by molar-refractivity contribution is 7.97. The predicted molar refractivity (Wildman–Crippen MR) is 105 cm³/mol. The summed E-state index contributed by atoms with van der Waals surface area (Å²) < 4.78 is 12.5. The van der Waals surface area contributed by atoms with Gasteiger partial charge >= 0.3 is 5.97 Å². The highest BCUT2D eigenvalue weighted by Crippen LogP contribution is 2.28. The molecule has 1 atom stereocenters. The molecule has 0 unspecified atom stereocenters. The lowest BCUT2D eigenvalue weighted by Crippen LogP contribution is -2.15. The van der Waals surface area contributed by atoms with Gasteiger partial charge in [-0.15, -0.1) is 0 Å². The summed E-state index contributed by atoms with van der Waals surface area (Å²) in [6.45, 7) is 4.10. The molecule has 0 amide bonds. The van der Waals surface area contributed by atoms with E-state index in [4.69, 9.17) is 9.47 Å². The van der Waals surface area contributed by atoms with Crippen LogP contribution >= 0.6 is 11.9 Å². The number of rotatable bonds is 9. The van der Waals surface area contributed by atoms with E-state index in [0.29, 0.717) is 25.6 Å². The van der Waals surface area contributed by atoms with Crippen LogP contribution in [0.4, 0.5) is 0 Å². The molecule has 0 spiro atoms. The lowest BCUT2D eigenvalue weighted by molar-refractivity contribution is -0.143. The molecule has 0 bridgehead atoms. The van der Waals surface area contributed by atoms with Crippen LogP contribution in [0.1, 0.15) is 18.9 Å². The molecular weight excluding hydrogens is 346 g/mol. The van der Waals surface area contributed by atoms with Gasteiger partial charge in [0.1, 0.15) is 0 Å². The van der Waals surface area contributed by atoms with Crippen LogP contribution in [0.2, 0.25) is 0 Å². The average molecular weight is 372 g/mol. The maximum absolute atomic E-state index is 11.5. The number of carbonyl (C=O) groups is 1. The first kappa shape index (κ1) is 19.0. The number of epoxide rings is 1. The smallest absolute Gasteiger partial charge is 0.306 e. The van der Waals surface area contributed by atoms with Crippen molar-refractivity contribution in [1.82, 2.24) is 4.31 Å². The molecule has 0 saturated carbocycles. The first-order valence-electron chi connectivity index (χ1n) is 8.99. The summed E-state index contributed by atoms with van der Waals surface area (Å²) in [6, 6.07) is 17.0. The minimum absolute atomic E-state index is 0.137.